The zero-order valence-electron chi connectivity index (χ0n) is 14.5. The van der Waals surface area contributed by atoms with Gasteiger partial charge >= 0.3 is 5.97 Å². The molecule has 0 unspecified atom stereocenters. The molecule has 26 heavy (non-hydrogen) atoms. The third-order valence-corrected chi connectivity index (χ3v) is 6.34. The van der Waals surface area contributed by atoms with Crippen molar-refractivity contribution < 1.29 is 38.8 Å². The number of aliphatic hydroxyl groups excluding tert-OH is 2. The van der Waals surface area contributed by atoms with Crippen molar-refractivity contribution in [3.63, 3.8) is 0 Å². The molecule has 0 aromatic carbocycles. The van der Waals surface area contributed by atoms with Gasteiger partial charge < -0.3 is 24.4 Å². The van der Waals surface area contributed by atoms with Gasteiger partial charge in [0.2, 0.25) is 5.78 Å². The number of hydrogen-bond donors (Lipinski definition) is 2. The summed E-state index contributed by atoms with van der Waals surface area (Å²) in [5.41, 5.74) is -1.78. The highest BCUT2D eigenvalue weighted by Gasteiger charge is 2.75. The van der Waals surface area contributed by atoms with E-state index in [1.807, 2.05) is 0 Å². The molecule has 0 radical (unpaired) electrons. The fourth-order valence-electron chi connectivity index (χ4n) is 5.02. The van der Waals surface area contributed by atoms with E-state index in [4.69, 9.17) is 14.2 Å². The van der Waals surface area contributed by atoms with Crippen LogP contribution in [-0.2, 0) is 28.6 Å². The average molecular weight is 362 g/mol. The molecular weight excluding hydrogens is 344 g/mol. The fourth-order valence-corrected chi connectivity index (χ4v) is 5.02. The van der Waals surface area contributed by atoms with Gasteiger partial charge in [-0.25, -0.2) is 0 Å². The molecule has 2 aliphatic carbocycles. The first-order valence-electron chi connectivity index (χ1n) is 8.17. The predicted octanol–water partition coefficient (Wildman–Crippen LogP) is 0.892. The Balaban J connectivity index is 2.19. The summed E-state index contributed by atoms with van der Waals surface area (Å²) in [6.45, 7) is 2.86. The molecule has 0 aromatic rings. The first-order chi connectivity index (χ1) is 12.3. The van der Waals surface area contributed by atoms with Crippen LogP contribution in [0.15, 0.2) is 34.0 Å². The van der Waals surface area contributed by atoms with Gasteiger partial charge in [0.05, 0.1) is 25.7 Å². The van der Waals surface area contributed by atoms with Crippen molar-refractivity contribution >= 4 is 17.5 Å². The summed E-state index contributed by atoms with van der Waals surface area (Å²) < 4.78 is 16.1. The minimum atomic E-state index is -1.45. The van der Waals surface area contributed by atoms with E-state index in [0.717, 1.165) is 0 Å². The predicted molar refractivity (Wildman–Crippen MR) is 84.8 cm³/mol. The van der Waals surface area contributed by atoms with Crippen LogP contribution in [0.5, 0.6) is 0 Å². The van der Waals surface area contributed by atoms with Crippen molar-refractivity contribution in [1.82, 2.24) is 0 Å². The SMILES string of the molecule is COC1=C(C)[C@@]23COC(=O)[C@@]24COCC4=C(C)C(O)=C(O)[C@H]3C(=O)C1=O. The molecule has 0 bridgehead atoms. The van der Waals surface area contributed by atoms with E-state index >= 15 is 0 Å². The Morgan fingerprint density at radius 1 is 1.15 bits per heavy atom. The van der Waals surface area contributed by atoms with E-state index < -0.39 is 45.8 Å². The fraction of sp³-hybridized carbons (Fsp3) is 0.500. The van der Waals surface area contributed by atoms with Crippen molar-refractivity contribution in [2.24, 2.45) is 16.7 Å². The number of Topliss-reactive ketones (excluding diaryl/α,β-unsaturated/α-hetero) is 2. The van der Waals surface area contributed by atoms with Gasteiger partial charge in [-0.2, -0.15) is 0 Å². The summed E-state index contributed by atoms with van der Waals surface area (Å²) in [4.78, 5) is 38.4. The van der Waals surface area contributed by atoms with Gasteiger partial charge in [-0.1, -0.05) is 0 Å². The van der Waals surface area contributed by atoms with Crippen LogP contribution in [0.3, 0.4) is 0 Å². The molecule has 2 N–H and O–H groups in total. The maximum atomic E-state index is 12.9. The van der Waals surface area contributed by atoms with Crippen LogP contribution >= 0.6 is 0 Å². The molecule has 8 heteroatoms. The Kier molecular flexibility index (Phi) is 3.22. The molecule has 2 spiro atoms. The highest BCUT2D eigenvalue weighted by molar-refractivity contribution is 6.45. The van der Waals surface area contributed by atoms with Crippen LogP contribution in [0.4, 0.5) is 0 Å². The average Bonchev–Trinajstić information content (AvgIpc) is 3.17. The number of cyclic esters (lactones) is 1. The van der Waals surface area contributed by atoms with E-state index in [9.17, 15) is 24.6 Å². The van der Waals surface area contributed by atoms with Gasteiger partial charge in [0.15, 0.2) is 11.5 Å². The lowest BCUT2D eigenvalue weighted by Gasteiger charge is -2.46. The summed E-state index contributed by atoms with van der Waals surface area (Å²) in [7, 11) is 1.27. The number of rotatable bonds is 1. The summed E-state index contributed by atoms with van der Waals surface area (Å²) in [5.74, 6) is -5.21. The minimum Gasteiger partial charge on any atom is -0.508 e. The number of allylic oxidation sites excluding steroid dienone is 3. The molecular formula is C18H18O8. The quantitative estimate of drug-likeness (QED) is 0.521. The smallest absolute Gasteiger partial charge is 0.319 e. The van der Waals surface area contributed by atoms with Crippen molar-refractivity contribution in [2.45, 2.75) is 13.8 Å². The highest BCUT2D eigenvalue weighted by atomic mass is 16.6. The third kappa shape index (κ3) is 1.48. The summed E-state index contributed by atoms with van der Waals surface area (Å²) in [6, 6.07) is 0. The zero-order valence-corrected chi connectivity index (χ0v) is 14.5. The largest absolute Gasteiger partial charge is 0.508 e. The Labute approximate surface area is 148 Å². The Morgan fingerprint density at radius 2 is 1.85 bits per heavy atom. The van der Waals surface area contributed by atoms with E-state index in [1.54, 1.807) is 6.92 Å². The number of carbonyl (C=O) groups is 3. The van der Waals surface area contributed by atoms with Crippen LogP contribution in [0.1, 0.15) is 13.8 Å². The number of ether oxygens (including phenoxy) is 3. The van der Waals surface area contributed by atoms with Crippen LogP contribution < -0.4 is 0 Å². The van der Waals surface area contributed by atoms with Gasteiger partial charge in [-0.05, 0) is 30.6 Å². The number of ketones is 2. The topological polar surface area (TPSA) is 119 Å². The molecule has 4 rings (SSSR count). The Hall–Kier alpha value is -2.61. The number of hydrogen-bond acceptors (Lipinski definition) is 8. The molecule has 0 saturated carbocycles. The monoisotopic (exact) mass is 362 g/mol. The molecule has 2 aliphatic heterocycles. The lowest BCUT2D eigenvalue weighted by Crippen LogP contribution is -2.57. The summed E-state index contributed by atoms with van der Waals surface area (Å²) in [6.07, 6.45) is 0. The lowest BCUT2D eigenvalue weighted by molar-refractivity contribution is -0.147. The maximum Gasteiger partial charge on any atom is 0.319 e. The zero-order chi connectivity index (χ0) is 19.0. The van der Waals surface area contributed by atoms with Crippen molar-refractivity contribution in [3.8, 4) is 0 Å². The molecule has 8 nitrogen and oxygen atoms in total. The Morgan fingerprint density at radius 3 is 2.50 bits per heavy atom. The maximum absolute atomic E-state index is 12.9. The molecule has 2 saturated heterocycles. The van der Waals surface area contributed by atoms with E-state index in [-0.39, 0.29) is 31.2 Å². The lowest BCUT2D eigenvalue weighted by atomic mass is 9.51. The number of aliphatic hydroxyl groups is 2. The molecule has 0 aromatic heterocycles. The van der Waals surface area contributed by atoms with Gasteiger partial charge in [0, 0.05) is 0 Å². The van der Waals surface area contributed by atoms with E-state index in [2.05, 4.69) is 0 Å². The van der Waals surface area contributed by atoms with Crippen molar-refractivity contribution in [3.05, 3.63) is 34.0 Å². The second-order valence-electron chi connectivity index (χ2n) is 7.07. The standard InChI is InChI=1S/C18H18O8/c1-7-9-4-25-5-18(9)16(23)26-6-17(18)8(2)15(24-3)14(22)13(21)10(17)12(20)11(7)19/h10,19-20H,4-6H2,1-3H3/t10-,17+,18-/m0/s1. The van der Waals surface area contributed by atoms with Gasteiger partial charge in [0.1, 0.15) is 23.7 Å². The number of carbonyl (C=O) groups excluding carboxylic acids is 3. The van der Waals surface area contributed by atoms with Gasteiger partial charge in [-0.15, -0.1) is 0 Å². The Bertz CT molecular complexity index is 876. The minimum absolute atomic E-state index is 0.0461. The molecule has 2 fully saturated rings. The molecule has 3 atom stereocenters. The normalized spacial score (nSPS) is 36.7. The highest BCUT2D eigenvalue weighted by Crippen LogP contribution is 2.66. The second-order valence-corrected chi connectivity index (χ2v) is 7.07. The van der Waals surface area contributed by atoms with Gasteiger partial charge in [-0.3, -0.25) is 14.4 Å². The van der Waals surface area contributed by atoms with E-state index in [1.165, 1.54) is 14.0 Å². The first kappa shape index (κ1) is 16.8. The molecule has 138 valence electrons. The summed E-state index contributed by atoms with van der Waals surface area (Å²) in [5, 5.41) is 21.2. The van der Waals surface area contributed by atoms with Crippen LogP contribution in [0, 0.1) is 16.7 Å². The molecule has 0 amide bonds. The summed E-state index contributed by atoms with van der Waals surface area (Å²) >= 11 is 0. The molecule has 4 aliphatic rings. The number of esters is 1. The van der Waals surface area contributed by atoms with Crippen molar-refractivity contribution in [1.29, 1.82) is 0 Å². The van der Waals surface area contributed by atoms with Crippen LogP contribution in [-0.4, -0.2) is 54.7 Å². The number of methoxy groups -OCH3 is 1. The van der Waals surface area contributed by atoms with Crippen molar-refractivity contribution in [2.75, 3.05) is 26.9 Å². The third-order valence-electron chi connectivity index (χ3n) is 6.34. The van der Waals surface area contributed by atoms with E-state index in [0.29, 0.717) is 11.1 Å². The first-order valence-corrected chi connectivity index (χ1v) is 8.17. The van der Waals surface area contributed by atoms with Crippen LogP contribution in [0.2, 0.25) is 0 Å². The van der Waals surface area contributed by atoms with Crippen LogP contribution in [0.25, 0.3) is 0 Å². The second kappa shape index (κ2) is 4.97. The van der Waals surface area contributed by atoms with Gasteiger partial charge in [0.25, 0.3) is 5.78 Å². The molecule has 2 heterocycles.